The number of aromatic nitrogens is 2. The molecule has 4 nitrogen and oxygen atoms in total. The summed E-state index contributed by atoms with van der Waals surface area (Å²) in [5, 5.41) is 3.26. The van der Waals surface area contributed by atoms with Crippen molar-refractivity contribution in [3.63, 3.8) is 0 Å². The number of halogens is 1. The van der Waals surface area contributed by atoms with Gasteiger partial charge >= 0.3 is 0 Å². The average Bonchev–Trinajstić information content (AvgIpc) is 2.83. The standard InChI is InChI=1S/C17H26N4.ClH/c1-18-10-7-14-8-11-21(12-9-14)13-17-19-15-5-3-4-6-16(15)20(17)2;/h3-6,14,18H,7-13H2,1-2H3;1H. The lowest BCUT2D eigenvalue weighted by molar-refractivity contribution is 0.168. The first-order chi connectivity index (χ1) is 10.3. The zero-order valence-electron chi connectivity index (χ0n) is 13.6. The van der Waals surface area contributed by atoms with E-state index in [1.807, 2.05) is 7.05 Å². The number of hydrogen-bond acceptors (Lipinski definition) is 3. The van der Waals surface area contributed by atoms with Crippen molar-refractivity contribution in [1.82, 2.24) is 19.8 Å². The van der Waals surface area contributed by atoms with Crippen molar-refractivity contribution in [3.05, 3.63) is 30.1 Å². The summed E-state index contributed by atoms with van der Waals surface area (Å²) in [4.78, 5) is 7.34. The lowest BCUT2D eigenvalue weighted by Gasteiger charge is -2.31. The van der Waals surface area contributed by atoms with Gasteiger partial charge in [0.25, 0.3) is 0 Å². The number of likely N-dealkylation sites (tertiary alicyclic amines) is 1. The lowest BCUT2D eigenvalue weighted by Crippen LogP contribution is -2.34. The van der Waals surface area contributed by atoms with Crippen LogP contribution in [0.1, 0.15) is 25.1 Å². The van der Waals surface area contributed by atoms with Gasteiger partial charge in [-0.15, -0.1) is 12.4 Å². The van der Waals surface area contributed by atoms with Crippen LogP contribution < -0.4 is 5.32 Å². The predicted molar refractivity (Wildman–Crippen MR) is 94.5 cm³/mol. The Morgan fingerprint density at radius 1 is 1.23 bits per heavy atom. The number of hydrogen-bond donors (Lipinski definition) is 1. The third-order valence-electron chi connectivity index (χ3n) is 4.75. The number of rotatable bonds is 5. The predicted octanol–water partition coefficient (Wildman–Crippen LogP) is 2.82. The van der Waals surface area contributed by atoms with E-state index in [9.17, 15) is 0 Å². The Balaban J connectivity index is 0.00000176. The van der Waals surface area contributed by atoms with E-state index in [1.165, 1.54) is 43.7 Å². The maximum Gasteiger partial charge on any atom is 0.123 e. The van der Waals surface area contributed by atoms with Gasteiger partial charge in [-0.2, -0.15) is 0 Å². The Bertz CT molecular complexity index is 587. The number of imidazole rings is 1. The molecule has 22 heavy (non-hydrogen) atoms. The van der Waals surface area contributed by atoms with Gasteiger partial charge in [0.05, 0.1) is 17.6 Å². The zero-order chi connectivity index (χ0) is 14.7. The molecule has 1 N–H and O–H groups in total. The molecule has 0 spiro atoms. The minimum Gasteiger partial charge on any atom is -0.330 e. The van der Waals surface area contributed by atoms with Gasteiger partial charge in [0.1, 0.15) is 5.82 Å². The van der Waals surface area contributed by atoms with Crippen LogP contribution in [0.25, 0.3) is 11.0 Å². The molecule has 0 atom stereocenters. The van der Waals surface area contributed by atoms with Crippen molar-refractivity contribution >= 4 is 23.4 Å². The number of aryl methyl sites for hydroxylation is 1. The van der Waals surface area contributed by atoms with Crippen LogP contribution in [0.2, 0.25) is 0 Å². The molecule has 3 rings (SSSR count). The summed E-state index contributed by atoms with van der Waals surface area (Å²) in [6.07, 6.45) is 3.97. The maximum absolute atomic E-state index is 4.79. The minimum atomic E-state index is 0. The number of nitrogens with one attached hydrogen (secondary N) is 1. The summed E-state index contributed by atoms with van der Waals surface area (Å²) in [5.41, 5.74) is 2.34. The highest BCUT2D eigenvalue weighted by molar-refractivity contribution is 5.85. The van der Waals surface area contributed by atoms with Crippen molar-refractivity contribution in [1.29, 1.82) is 0 Å². The van der Waals surface area contributed by atoms with E-state index >= 15 is 0 Å². The molecule has 1 saturated heterocycles. The fraction of sp³-hybridized carbons (Fsp3) is 0.588. The third-order valence-corrected chi connectivity index (χ3v) is 4.75. The van der Waals surface area contributed by atoms with Crippen molar-refractivity contribution in [3.8, 4) is 0 Å². The van der Waals surface area contributed by atoms with Crippen LogP contribution in [0.3, 0.4) is 0 Å². The molecule has 122 valence electrons. The number of nitrogens with zero attached hydrogens (tertiary/aromatic N) is 3. The highest BCUT2D eigenvalue weighted by Crippen LogP contribution is 2.22. The highest BCUT2D eigenvalue weighted by atomic mass is 35.5. The lowest BCUT2D eigenvalue weighted by atomic mass is 9.93. The van der Waals surface area contributed by atoms with E-state index in [0.29, 0.717) is 0 Å². The molecular formula is C17H27ClN4. The molecule has 0 aliphatic carbocycles. The molecule has 2 aromatic rings. The van der Waals surface area contributed by atoms with Crippen LogP contribution in [-0.2, 0) is 13.6 Å². The Hall–Kier alpha value is -1.10. The van der Waals surface area contributed by atoms with E-state index in [2.05, 4.69) is 46.1 Å². The maximum atomic E-state index is 4.79. The molecule has 1 aliphatic heterocycles. The Kier molecular flexibility index (Phi) is 6.24. The molecule has 0 saturated carbocycles. The van der Waals surface area contributed by atoms with Gasteiger partial charge in [-0.3, -0.25) is 4.90 Å². The van der Waals surface area contributed by atoms with Gasteiger partial charge in [0.2, 0.25) is 0 Å². The zero-order valence-corrected chi connectivity index (χ0v) is 14.4. The van der Waals surface area contributed by atoms with E-state index in [-0.39, 0.29) is 12.4 Å². The Morgan fingerprint density at radius 2 is 1.95 bits per heavy atom. The van der Waals surface area contributed by atoms with Crippen molar-refractivity contribution in [2.24, 2.45) is 13.0 Å². The van der Waals surface area contributed by atoms with E-state index in [4.69, 9.17) is 4.98 Å². The molecule has 0 bridgehead atoms. The second-order valence-corrected chi connectivity index (χ2v) is 6.19. The molecule has 0 amide bonds. The minimum absolute atomic E-state index is 0. The fourth-order valence-electron chi connectivity index (χ4n) is 3.32. The van der Waals surface area contributed by atoms with Gasteiger partial charge in [-0.05, 0) is 64.0 Å². The van der Waals surface area contributed by atoms with E-state index < -0.39 is 0 Å². The van der Waals surface area contributed by atoms with E-state index in [1.54, 1.807) is 0 Å². The second kappa shape index (κ2) is 7.95. The number of fused-ring (bicyclic) bond motifs is 1. The normalized spacial score (nSPS) is 16.8. The molecule has 1 aromatic carbocycles. The SMILES string of the molecule is CNCCC1CCN(Cc2nc3ccccc3n2C)CC1.Cl. The number of benzene rings is 1. The monoisotopic (exact) mass is 322 g/mol. The number of piperidine rings is 1. The summed E-state index contributed by atoms with van der Waals surface area (Å²) < 4.78 is 2.24. The first kappa shape index (κ1) is 17.3. The van der Waals surface area contributed by atoms with Gasteiger partial charge in [-0.1, -0.05) is 12.1 Å². The summed E-state index contributed by atoms with van der Waals surface area (Å²) in [5.74, 6) is 2.08. The van der Waals surface area contributed by atoms with Gasteiger partial charge < -0.3 is 9.88 Å². The highest BCUT2D eigenvalue weighted by Gasteiger charge is 2.20. The van der Waals surface area contributed by atoms with E-state index in [0.717, 1.165) is 24.5 Å². The largest absolute Gasteiger partial charge is 0.330 e. The smallest absolute Gasteiger partial charge is 0.123 e. The number of para-hydroxylation sites is 2. The van der Waals surface area contributed by atoms with Crippen molar-refractivity contribution in [2.45, 2.75) is 25.8 Å². The first-order valence-corrected chi connectivity index (χ1v) is 8.05. The molecule has 5 heteroatoms. The molecule has 0 radical (unpaired) electrons. The summed E-state index contributed by atoms with van der Waals surface area (Å²) in [6, 6.07) is 8.39. The van der Waals surface area contributed by atoms with Gasteiger partial charge in [0, 0.05) is 7.05 Å². The van der Waals surface area contributed by atoms with Crippen LogP contribution >= 0.6 is 12.4 Å². The second-order valence-electron chi connectivity index (χ2n) is 6.19. The topological polar surface area (TPSA) is 33.1 Å². The Labute approximate surface area is 139 Å². The van der Waals surface area contributed by atoms with Gasteiger partial charge in [-0.25, -0.2) is 4.98 Å². The third kappa shape index (κ3) is 3.80. The molecular weight excluding hydrogens is 296 g/mol. The van der Waals surface area contributed by atoms with Crippen LogP contribution in [0.5, 0.6) is 0 Å². The molecule has 2 heterocycles. The van der Waals surface area contributed by atoms with Crippen molar-refractivity contribution < 1.29 is 0 Å². The van der Waals surface area contributed by atoms with Crippen molar-refractivity contribution in [2.75, 3.05) is 26.7 Å². The quantitative estimate of drug-likeness (QED) is 0.919. The molecule has 1 fully saturated rings. The molecule has 1 aliphatic rings. The molecule has 1 aromatic heterocycles. The van der Waals surface area contributed by atoms with Crippen LogP contribution in [0, 0.1) is 5.92 Å². The van der Waals surface area contributed by atoms with Crippen LogP contribution in [0.15, 0.2) is 24.3 Å². The molecule has 0 unspecified atom stereocenters. The summed E-state index contributed by atoms with van der Waals surface area (Å²) in [6.45, 7) is 4.54. The summed E-state index contributed by atoms with van der Waals surface area (Å²) in [7, 11) is 4.17. The average molecular weight is 323 g/mol. The van der Waals surface area contributed by atoms with Crippen LogP contribution in [0.4, 0.5) is 0 Å². The summed E-state index contributed by atoms with van der Waals surface area (Å²) >= 11 is 0. The first-order valence-electron chi connectivity index (χ1n) is 8.05. The fourth-order valence-corrected chi connectivity index (χ4v) is 3.32. The Morgan fingerprint density at radius 3 is 2.64 bits per heavy atom. The van der Waals surface area contributed by atoms with Crippen LogP contribution in [-0.4, -0.2) is 41.1 Å². The van der Waals surface area contributed by atoms with Gasteiger partial charge in [0.15, 0.2) is 0 Å².